The Bertz CT molecular complexity index is 484. The summed E-state index contributed by atoms with van der Waals surface area (Å²) < 4.78 is 0. The van der Waals surface area contributed by atoms with E-state index in [1.807, 2.05) is 20.8 Å². The number of anilines is 1. The molecule has 0 saturated heterocycles. The number of amides is 1. The van der Waals surface area contributed by atoms with Crippen LogP contribution in [0.5, 0.6) is 0 Å². The molecular formula is C14H21N3O3. The molecule has 0 aliphatic rings. The van der Waals surface area contributed by atoms with Gasteiger partial charge in [-0.3, -0.25) is 9.78 Å². The van der Waals surface area contributed by atoms with Gasteiger partial charge in [-0.25, -0.2) is 4.79 Å². The van der Waals surface area contributed by atoms with Crippen molar-refractivity contribution >= 4 is 17.6 Å². The van der Waals surface area contributed by atoms with Gasteiger partial charge in [0.15, 0.2) is 0 Å². The van der Waals surface area contributed by atoms with Crippen LogP contribution in [-0.2, 0) is 4.79 Å². The van der Waals surface area contributed by atoms with E-state index in [0.29, 0.717) is 25.1 Å². The highest BCUT2D eigenvalue weighted by atomic mass is 16.4. The van der Waals surface area contributed by atoms with E-state index in [4.69, 9.17) is 0 Å². The summed E-state index contributed by atoms with van der Waals surface area (Å²) in [6, 6.07) is 3.22. The molecule has 3 N–H and O–H groups in total. The number of aromatic nitrogens is 1. The third-order valence-electron chi connectivity index (χ3n) is 3.33. The first-order valence-corrected chi connectivity index (χ1v) is 6.75. The number of pyridine rings is 1. The van der Waals surface area contributed by atoms with Crippen LogP contribution < -0.4 is 10.6 Å². The van der Waals surface area contributed by atoms with Crippen molar-refractivity contribution in [1.82, 2.24) is 10.3 Å². The van der Waals surface area contributed by atoms with Crippen molar-refractivity contribution in [3.05, 3.63) is 24.0 Å². The fourth-order valence-corrected chi connectivity index (χ4v) is 1.94. The van der Waals surface area contributed by atoms with E-state index >= 15 is 0 Å². The number of nitrogens with one attached hydrogen (secondary N) is 2. The number of hydrogen-bond donors (Lipinski definition) is 3. The smallest absolute Gasteiger partial charge is 0.329 e. The summed E-state index contributed by atoms with van der Waals surface area (Å²) in [5.74, 6) is -1.18. The standard InChI is InChI=1S/C14H21N3O3/c1-4-14(5-2,13(19)20)17-10-7-8-16-11(9-10)12(18)15-6-3/h7-9H,4-6H2,1-3H3,(H,15,18)(H,16,17)(H,19,20). The van der Waals surface area contributed by atoms with Crippen LogP contribution in [-0.4, -0.2) is 34.1 Å². The number of carboxylic acid groups (broad SMARTS) is 1. The predicted molar refractivity (Wildman–Crippen MR) is 76.8 cm³/mol. The number of aliphatic carboxylic acids is 1. The van der Waals surface area contributed by atoms with Crippen molar-refractivity contribution < 1.29 is 14.7 Å². The van der Waals surface area contributed by atoms with Crippen LogP contribution in [0.25, 0.3) is 0 Å². The highest BCUT2D eigenvalue weighted by molar-refractivity contribution is 5.93. The Balaban J connectivity index is 3.00. The van der Waals surface area contributed by atoms with Crippen molar-refractivity contribution in [2.24, 2.45) is 0 Å². The zero-order valence-corrected chi connectivity index (χ0v) is 12.1. The maximum Gasteiger partial charge on any atom is 0.329 e. The largest absolute Gasteiger partial charge is 0.480 e. The summed E-state index contributed by atoms with van der Waals surface area (Å²) in [6.07, 6.45) is 2.38. The quantitative estimate of drug-likeness (QED) is 0.709. The first-order chi connectivity index (χ1) is 9.49. The fraction of sp³-hybridized carbons (Fsp3) is 0.500. The van der Waals surface area contributed by atoms with E-state index in [1.165, 1.54) is 6.20 Å². The number of carboxylic acids is 1. The number of hydrogen-bond acceptors (Lipinski definition) is 4. The maximum atomic E-state index is 11.7. The Morgan fingerprint density at radius 2 is 1.95 bits per heavy atom. The van der Waals surface area contributed by atoms with Crippen LogP contribution in [0, 0.1) is 0 Å². The van der Waals surface area contributed by atoms with Crippen molar-refractivity contribution in [2.75, 3.05) is 11.9 Å². The van der Waals surface area contributed by atoms with Gasteiger partial charge >= 0.3 is 5.97 Å². The van der Waals surface area contributed by atoms with Crippen LogP contribution in [0.15, 0.2) is 18.3 Å². The minimum absolute atomic E-state index is 0.267. The molecule has 0 aliphatic carbocycles. The van der Waals surface area contributed by atoms with Gasteiger partial charge in [0.25, 0.3) is 5.91 Å². The third kappa shape index (κ3) is 3.46. The van der Waals surface area contributed by atoms with Crippen LogP contribution in [0.1, 0.15) is 44.1 Å². The summed E-state index contributed by atoms with van der Waals surface area (Å²) in [6.45, 7) is 5.97. The minimum Gasteiger partial charge on any atom is -0.480 e. The second-order valence-corrected chi connectivity index (χ2v) is 4.51. The van der Waals surface area contributed by atoms with E-state index in [0.717, 1.165) is 0 Å². The van der Waals surface area contributed by atoms with E-state index in [1.54, 1.807) is 12.1 Å². The van der Waals surface area contributed by atoms with Gasteiger partial charge in [-0.15, -0.1) is 0 Å². The zero-order valence-electron chi connectivity index (χ0n) is 12.1. The molecule has 6 nitrogen and oxygen atoms in total. The van der Waals surface area contributed by atoms with Crippen LogP contribution in [0.2, 0.25) is 0 Å². The lowest BCUT2D eigenvalue weighted by molar-refractivity contribution is -0.142. The Morgan fingerprint density at radius 1 is 1.30 bits per heavy atom. The van der Waals surface area contributed by atoms with Crippen molar-refractivity contribution in [3.63, 3.8) is 0 Å². The van der Waals surface area contributed by atoms with Gasteiger partial charge in [0.05, 0.1) is 0 Å². The molecule has 0 atom stereocenters. The van der Waals surface area contributed by atoms with Crippen LogP contribution >= 0.6 is 0 Å². The molecule has 0 spiro atoms. The maximum absolute atomic E-state index is 11.7. The first kappa shape index (κ1) is 15.9. The molecule has 0 saturated carbocycles. The molecule has 0 radical (unpaired) electrons. The van der Waals surface area contributed by atoms with Gasteiger partial charge in [0.1, 0.15) is 11.2 Å². The van der Waals surface area contributed by atoms with E-state index in [2.05, 4.69) is 15.6 Å². The number of carbonyl (C=O) groups is 2. The predicted octanol–water partition coefficient (Wildman–Crippen LogP) is 1.89. The van der Waals surface area contributed by atoms with E-state index in [9.17, 15) is 14.7 Å². The summed E-state index contributed by atoms with van der Waals surface area (Å²) in [4.78, 5) is 27.2. The molecular weight excluding hydrogens is 258 g/mol. The molecule has 20 heavy (non-hydrogen) atoms. The first-order valence-electron chi connectivity index (χ1n) is 6.75. The molecule has 6 heteroatoms. The number of carbonyl (C=O) groups excluding carboxylic acids is 1. The molecule has 0 aliphatic heterocycles. The van der Waals surface area contributed by atoms with Crippen molar-refractivity contribution in [3.8, 4) is 0 Å². The molecule has 1 aromatic heterocycles. The lowest BCUT2D eigenvalue weighted by Gasteiger charge is -2.29. The normalized spacial score (nSPS) is 10.9. The van der Waals surface area contributed by atoms with Gasteiger partial charge in [-0.05, 0) is 31.9 Å². The fourth-order valence-electron chi connectivity index (χ4n) is 1.94. The molecule has 1 aromatic rings. The summed E-state index contributed by atoms with van der Waals surface area (Å²) >= 11 is 0. The molecule has 1 rings (SSSR count). The lowest BCUT2D eigenvalue weighted by Crippen LogP contribution is -2.45. The third-order valence-corrected chi connectivity index (χ3v) is 3.33. The van der Waals surface area contributed by atoms with Crippen molar-refractivity contribution in [1.29, 1.82) is 0 Å². The Kier molecular flexibility index (Phi) is 5.49. The molecule has 110 valence electrons. The molecule has 1 heterocycles. The van der Waals surface area contributed by atoms with Gasteiger partial charge in [-0.1, -0.05) is 13.8 Å². The van der Waals surface area contributed by atoms with Gasteiger partial charge < -0.3 is 15.7 Å². The Hall–Kier alpha value is -2.11. The average Bonchev–Trinajstić information content (AvgIpc) is 2.45. The Morgan fingerprint density at radius 3 is 2.45 bits per heavy atom. The van der Waals surface area contributed by atoms with Crippen LogP contribution in [0.3, 0.4) is 0 Å². The van der Waals surface area contributed by atoms with Crippen molar-refractivity contribution in [2.45, 2.75) is 39.2 Å². The molecule has 0 unspecified atom stereocenters. The van der Waals surface area contributed by atoms with E-state index < -0.39 is 11.5 Å². The summed E-state index contributed by atoms with van der Waals surface area (Å²) in [5.41, 5.74) is -0.185. The summed E-state index contributed by atoms with van der Waals surface area (Å²) in [7, 11) is 0. The highest BCUT2D eigenvalue weighted by Gasteiger charge is 2.34. The van der Waals surface area contributed by atoms with Gasteiger partial charge in [0.2, 0.25) is 0 Å². The molecule has 1 amide bonds. The zero-order chi connectivity index (χ0) is 15.2. The topological polar surface area (TPSA) is 91.3 Å². The highest BCUT2D eigenvalue weighted by Crippen LogP contribution is 2.22. The minimum atomic E-state index is -1.03. The average molecular weight is 279 g/mol. The molecule has 0 aromatic carbocycles. The second-order valence-electron chi connectivity index (χ2n) is 4.51. The lowest BCUT2D eigenvalue weighted by atomic mass is 9.92. The van der Waals surface area contributed by atoms with E-state index in [-0.39, 0.29) is 11.6 Å². The molecule has 0 fully saturated rings. The monoisotopic (exact) mass is 279 g/mol. The number of rotatable bonds is 7. The van der Waals surface area contributed by atoms with Gasteiger partial charge in [-0.2, -0.15) is 0 Å². The Labute approximate surface area is 118 Å². The summed E-state index contributed by atoms with van der Waals surface area (Å²) in [5, 5.41) is 15.1. The van der Waals surface area contributed by atoms with Gasteiger partial charge in [0, 0.05) is 18.4 Å². The second kappa shape index (κ2) is 6.88. The van der Waals surface area contributed by atoms with Crippen LogP contribution in [0.4, 0.5) is 5.69 Å². The SMILES string of the molecule is CCNC(=O)c1cc(NC(CC)(CC)C(=O)O)ccn1. The molecule has 0 bridgehead atoms. The number of nitrogens with zero attached hydrogens (tertiary/aromatic N) is 1.